The fourth-order valence-electron chi connectivity index (χ4n) is 2.43. The summed E-state index contributed by atoms with van der Waals surface area (Å²) in [5.74, 6) is 0.393. The quantitative estimate of drug-likeness (QED) is 0.474. The van der Waals surface area contributed by atoms with Gasteiger partial charge in [0.2, 0.25) is 0 Å². The second kappa shape index (κ2) is 7.93. The van der Waals surface area contributed by atoms with Crippen LogP contribution in [0.1, 0.15) is 12.5 Å². The van der Waals surface area contributed by atoms with Crippen LogP contribution in [0.5, 0.6) is 0 Å². The van der Waals surface area contributed by atoms with E-state index >= 15 is 0 Å². The Hall–Kier alpha value is -2.31. The molecule has 0 spiro atoms. The lowest BCUT2D eigenvalue weighted by atomic mass is 10.1. The zero-order chi connectivity index (χ0) is 18.7. The van der Waals surface area contributed by atoms with Gasteiger partial charge >= 0.3 is 5.97 Å². The van der Waals surface area contributed by atoms with Crippen molar-refractivity contribution >= 4 is 29.3 Å². The molecule has 5 nitrogen and oxygen atoms in total. The molecule has 1 heterocycles. The predicted molar refractivity (Wildman–Crippen MR) is 104 cm³/mol. The Morgan fingerprint density at radius 2 is 1.77 bits per heavy atom. The molecule has 0 radical (unpaired) electrons. The molecular formula is C19H18ClN3O2S. The van der Waals surface area contributed by atoms with Gasteiger partial charge in [0.15, 0.2) is 11.0 Å². The second-order valence-electron chi connectivity index (χ2n) is 5.77. The molecule has 0 aliphatic heterocycles. The molecule has 7 heteroatoms. The summed E-state index contributed by atoms with van der Waals surface area (Å²) in [6, 6.07) is 15.5. The number of rotatable bonds is 5. The van der Waals surface area contributed by atoms with Gasteiger partial charge in [-0.3, -0.25) is 9.36 Å². The highest BCUT2D eigenvalue weighted by atomic mass is 35.5. The van der Waals surface area contributed by atoms with Gasteiger partial charge in [0, 0.05) is 16.3 Å². The van der Waals surface area contributed by atoms with Gasteiger partial charge in [-0.25, -0.2) is 0 Å². The molecule has 0 bridgehead atoms. The Bertz CT molecular complexity index is 908. The minimum Gasteiger partial charge on any atom is -0.468 e. The van der Waals surface area contributed by atoms with E-state index < -0.39 is 5.25 Å². The summed E-state index contributed by atoms with van der Waals surface area (Å²) in [5, 5.41) is 9.52. The van der Waals surface area contributed by atoms with Crippen LogP contribution in [0.2, 0.25) is 5.02 Å². The lowest BCUT2D eigenvalue weighted by Gasteiger charge is -2.12. The van der Waals surface area contributed by atoms with Crippen LogP contribution in [-0.4, -0.2) is 33.1 Å². The summed E-state index contributed by atoms with van der Waals surface area (Å²) in [5.41, 5.74) is 2.98. The SMILES string of the molecule is COC(=O)[C@H](C)Sc1nnc(-c2ccc(C)cc2)n1-c1ccc(Cl)cc1. The van der Waals surface area contributed by atoms with E-state index in [1.54, 1.807) is 6.92 Å². The Labute approximate surface area is 161 Å². The molecule has 2 aromatic carbocycles. The van der Waals surface area contributed by atoms with Crippen molar-refractivity contribution in [2.45, 2.75) is 24.3 Å². The first-order chi connectivity index (χ1) is 12.5. The van der Waals surface area contributed by atoms with Crippen molar-refractivity contribution < 1.29 is 9.53 Å². The normalized spacial score (nSPS) is 12.0. The number of methoxy groups -OCH3 is 1. The highest BCUT2D eigenvalue weighted by Crippen LogP contribution is 2.31. The maximum Gasteiger partial charge on any atom is 0.318 e. The van der Waals surface area contributed by atoms with E-state index in [4.69, 9.17) is 16.3 Å². The number of hydrogen-bond acceptors (Lipinski definition) is 5. The summed E-state index contributed by atoms with van der Waals surface area (Å²) < 4.78 is 6.74. The van der Waals surface area contributed by atoms with Crippen LogP contribution in [0.15, 0.2) is 53.7 Å². The van der Waals surface area contributed by atoms with Crippen LogP contribution >= 0.6 is 23.4 Å². The van der Waals surface area contributed by atoms with E-state index in [1.807, 2.05) is 60.0 Å². The van der Waals surface area contributed by atoms with Crippen LogP contribution in [0.25, 0.3) is 17.1 Å². The number of halogens is 1. The number of hydrogen-bond donors (Lipinski definition) is 0. The van der Waals surface area contributed by atoms with E-state index in [1.165, 1.54) is 24.4 Å². The number of esters is 1. The van der Waals surface area contributed by atoms with E-state index in [0.717, 1.165) is 11.3 Å². The summed E-state index contributed by atoms with van der Waals surface area (Å²) in [7, 11) is 1.38. The molecule has 0 amide bonds. The maximum absolute atomic E-state index is 11.8. The van der Waals surface area contributed by atoms with Crippen molar-refractivity contribution in [2.24, 2.45) is 0 Å². The molecule has 0 saturated carbocycles. The van der Waals surface area contributed by atoms with Crippen molar-refractivity contribution in [1.82, 2.24) is 14.8 Å². The lowest BCUT2D eigenvalue weighted by Crippen LogP contribution is -2.15. The Balaban J connectivity index is 2.09. The first kappa shape index (κ1) is 18.5. The highest BCUT2D eigenvalue weighted by molar-refractivity contribution is 8.00. The minimum atomic E-state index is -0.402. The van der Waals surface area contributed by atoms with Gasteiger partial charge in [-0.1, -0.05) is 53.2 Å². The number of benzene rings is 2. The number of aromatic nitrogens is 3. The van der Waals surface area contributed by atoms with Crippen LogP contribution in [-0.2, 0) is 9.53 Å². The van der Waals surface area contributed by atoms with Crippen molar-refractivity contribution in [2.75, 3.05) is 7.11 Å². The molecule has 0 unspecified atom stereocenters. The highest BCUT2D eigenvalue weighted by Gasteiger charge is 2.22. The van der Waals surface area contributed by atoms with E-state index in [0.29, 0.717) is 16.0 Å². The Morgan fingerprint density at radius 3 is 2.38 bits per heavy atom. The molecule has 3 aromatic rings. The van der Waals surface area contributed by atoms with Crippen molar-refractivity contribution in [3.63, 3.8) is 0 Å². The van der Waals surface area contributed by atoms with Gasteiger partial charge in [0.1, 0.15) is 5.25 Å². The summed E-state index contributed by atoms with van der Waals surface area (Å²) >= 11 is 7.33. The average Bonchev–Trinajstić information content (AvgIpc) is 3.05. The van der Waals surface area contributed by atoms with Crippen LogP contribution in [0.4, 0.5) is 0 Å². The molecule has 1 aromatic heterocycles. The minimum absolute atomic E-state index is 0.308. The third-order valence-electron chi connectivity index (χ3n) is 3.84. The van der Waals surface area contributed by atoms with E-state index in [-0.39, 0.29) is 5.97 Å². The van der Waals surface area contributed by atoms with Crippen LogP contribution < -0.4 is 0 Å². The lowest BCUT2D eigenvalue weighted by molar-refractivity contribution is -0.139. The number of aryl methyl sites for hydroxylation is 1. The largest absolute Gasteiger partial charge is 0.468 e. The number of carbonyl (C=O) groups is 1. The smallest absolute Gasteiger partial charge is 0.318 e. The third-order valence-corrected chi connectivity index (χ3v) is 5.12. The fourth-order valence-corrected chi connectivity index (χ4v) is 3.45. The van der Waals surface area contributed by atoms with Gasteiger partial charge in [0.05, 0.1) is 7.11 Å². The van der Waals surface area contributed by atoms with Gasteiger partial charge in [-0.15, -0.1) is 10.2 Å². The van der Waals surface area contributed by atoms with E-state index in [9.17, 15) is 4.79 Å². The molecule has 134 valence electrons. The molecule has 0 N–H and O–H groups in total. The third kappa shape index (κ3) is 3.92. The average molecular weight is 388 g/mol. The maximum atomic E-state index is 11.8. The number of carbonyl (C=O) groups excluding carboxylic acids is 1. The van der Waals surface area contributed by atoms with Gasteiger partial charge in [-0.2, -0.15) is 0 Å². The number of nitrogens with zero attached hydrogens (tertiary/aromatic N) is 3. The molecule has 0 aliphatic rings. The van der Waals surface area contributed by atoms with Gasteiger partial charge < -0.3 is 4.74 Å². The number of thioether (sulfide) groups is 1. The summed E-state index contributed by atoms with van der Waals surface area (Å²) in [6.07, 6.45) is 0. The second-order valence-corrected chi connectivity index (χ2v) is 7.51. The topological polar surface area (TPSA) is 57.0 Å². The van der Waals surface area contributed by atoms with Crippen LogP contribution in [0.3, 0.4) is 0 Å². The van der Waals surface area contributed by atoms with Crippen molar-refractivity contribution in [1.29, 1.82) is 0 Å². The summed E-state index contributed by atoms with van der Waals surface area (Å²) in [6.45, 7) is 3.82. The van der Waals surface area contributed by atoms with Crippen molar-refractivity contribution in [3.05, 3.63) is 59.1 Å². The predicted octanol–water partition coefficient (Wildman–Crippen LogP) is 4.55. The Kier molecular flexibility index (Phi) is 5.64. The standard InChI is InChI=1S/C19H18ClN3O2S/c1-12-4-6-14(7-5-12)17-21-22-19(26-13(2)18(24)25-3)23(17)16-10-8-15(20)9-11-16/h4-11,13H,1-3H3/t13-/m0/s1. The monoisotopic (exact) mass is 387 g/mol. The fraction of sp³-hybridized carbons (Fsp3) is 0.211. The van der Waals surface area contributed by atoms with Gasteiger partial charge in [-0.05, 0) is 38.1 Å². The molecule has 26 heavy (non-hydrogen) atoms. The molecular weight excluding hydrogens is 370 g/mol. The first-order valence-corrected chi connectivity index (χ1v) is 9.28. The Morgan fingerprint density at radius 1 is 1.12 bits per heavy atom. The zero-order valence-corrected chi connectivity index (χ0v) is 16.2. The number of ether oxygens (including phenoxy) is 1. The van der Waals surface area contributed by atoms with Gasteiger partial charge in [0.25, 0.3) is 0 Å². The van der Waals surface area contributed by atoms with Crippen molar-refractivity contribution in [3.8, 4) is 17.1 Å². The summed E-state index contributed by atoms with van der Waals surface area (Å²) in [4.78, 5) is 11.8. The molecule has 0 saturated heterocycles. The molecule has 0 aliphatic carbocycles. The molecule has 3 rings (SSSR count). The molecule has 1 atom stereocenters. The molecule has 0 fully saturated rings. The zero-order valence-electron chi connectivity index (χ0n) is 14.6. The first-order valence-electron chi connectivity index (χ1n) is 8.02. The van der Waals surface area contributed by atoms with Crippen LogP contribution in [0, 0.1) is 6.92 Å². The van der Waals surface area contributed by atoms with E-state index in [2.05, 4.69) is 10.2 Å².